The van der Waals surface area contributed by atoms with E-state index in [1.165, 1.54) is 11.6 Å². The van der Waals surface area contributed by atoms with Crippen molar-refractivity contribution in [3.8, 4) is 0 Å². The number of aromatic nitrogens is 1. The van der Waals surface area contributed by atoms with Crippen LogP contribution < -0.4 is 5.56 Å². The van der Waals surface area contributed by atoms with Crippen molar-refractivity contribution in [2.24, 2.45) is 7.05 Å². The fourth-order valence-corrected chi connectivity index (χ4v) is 2.15. The number of pyridine rings is 1. The summed E-state index contributed by atoms with van der Waals surface area (Å²) in [6, 6.07) is 8.08. The van der Waals surface area contributed by atoms with Crippen LogP contribution in [0.4, 0.5) is 13.2 Å². The van der Waals surface area contributed by atoms with Gasteiger partial charge in [0.25, 0.3) is 5.56 Å². The Kier molecular flexibility index (Phi) is 3.70. The molecule has 2 nitrogen and oxygen atoms in total. The van der Waals surface area contributed by atoms with Crippen LogP contribution in [0.1, 0.15) is 22.3 Å². The van der Waals surface area contributed by atoms with Crippen LogP contribution in [0.2, 0.25) is 0 Å². The van der Waals surface area contributed by atoms with Crippen molar-refractivity contribution < 1.29 is 13.2 Å². The standard InChI is InChI=1S/C15H14F3NO/c1-10-4-3-5-11(8-10)9-12-13(15(16,17)18)6-7-19(2)14(12)20/h3-8H,9H2,1-2H3. The third kappa shape index (κ3) is 2.92. The summed E-state index contributed by atoms with van der Waals surface area (Å²) in [4.78, 5) is 12.0. The molecular weight excluding hydrogens is 267 g/mol. The zero-order chi connectivity index (χ0) is 14.9. The van der Waals surface area contributed by atoms with Crippen LogP contribution in [-0.2, 0) is 19.6 Å². The van der Waals surface area contributed by atoms with E-state index in [9.17, 15) is 18.0 Å². The molecule has 1 aromatic carbocycles. The molecule has 0 atom stereocenters. The molecule has 0 radical (unpaired) electrons. The Morgan fingerprint density at radius 1 is 1.20 bits per heavy atom. The summed E-state index contributed by atoms with van der Waals surface area (Å²) in [5.74, 6) is 0. The highest BCUT2D eigenvalue weighted by Crippen LogP contribution is 2.31. The Morgan fingerprint density at radius 2 is 1.90 bits per heavy atom. The number of hydrogen-bond donors (Lipinski definition) is 0. The van der Waals surface area contributed by atoms with Crippen molar-refractivity contribution in [1.29, 1.82) is 0 Å². The van der Waals surface area contributed by atoms with Crippen molar-refractivity contribution in [2.45, 2.75) is 19.5 Å². The monoisotopic (exact) mass is 281 g/mol. The van der Waals surface area contributed by atoms with Crippen LogP contribution in [0.3, 0.4) is 0 Å². The summed E-state index contributed by atoms with van der Waals surface area (Å²) in [7, 11) is 1.45. The lowest BCUT2D eigenvalue weighted by atomic mass is 10.00. The number of halogens is 3. The average Bonchev–Trinajstić information content (AvgIpc) is 2.33. The van der Waals surface area contributed by atoms with E-state index in [0.717, 1.165) is 17.8 Å². The van der Waals surface area contributed by atoms with E-state index in [1.54, 1.807) is 18.2 Å². The van der Waals surface area contributed by atoms with E-state index in [2.05, 4.69) is 0 Å². The lowest BCUT2D eigenvalue weighted by molar-refractivity contribution is -0.138. The molecule has 1 heterocycles. The predicted molar refractivity (Wildman–Crippen MR) is 70.7 cm³/mol. The molecule has 0 bridgehead atoms. The van der Waals surface area contributed by atoms with Gasteiger partial charge in [-0.1, -0.05) is 29.8 Å². The molecule has 0 spiro atoms. The smallest absolute Gasteiger partial charge is 0.318 e. The Hall–Kier alpha value is -2.04. The molecule has 5 heteroatoms. The molecule has 20 heavy (non-hydrogen) atoms. The van der Waals surface area contributed by atoms with Crippen molar-refractivity contribution in [3.05, 3.63) is 69.1 Å². The highest BCUT2D eigenvalue weighted by molar-refractivity contribution is 5.34. The van der Waals surface area contributed by atoms with Gasteiger partial charge < -0.3 is 4.57 Å². The number of nitrogens with zero attached hydrogens (tertiary/aromatic N) is 1. The molecule has 0 unspecified atom stereocenters. The maximum absolute atomic E-state index is 13.0. The first-order valence-electron chi connectivity index (χ1n) is 6.10. The van der Waals surface area contributed by atoms with Gasteiger partial charge in [0, 0.05) is 25.2 Å². The summed E-state index contributed by atoms with van der Waals surface area (Å²) in [5, 5.41) is 0. The number of rotatable bonds is 2. The van der Waals surface area contributed by atoms with Gasteiger partial charge in [-0.3, -0.25) is 4.79 Å². The van der Waals surface area contributed by atoms with Crippen molar-refractivity contribution in [3.63, 3.8) is 0 Å². The average molecular weight is 281 g/mol. The van der Waals surface area contributed by atoms with E-state index in [4.69, 9.17) is 0 Å². The Balaban J connectivity index is 2.55. The van der Waals surface area contributed by atoms with Gasteiger partial charge in [0.2, 0.25) is 0 Å². The molecule has 2 rings (SSSR count). The quantitative estimate of drug-likeness (QED) is 0.828. The minimum Gasteiger partial charge on any atom is -0.318 e. The zero-order valence-electron chi connectivity index (χ0n) is 11.2. The summed E-state index contributed by atoms with van der Waals surface area (Å²) >= 11 is 0. The van der Waals surface area contributed by atoms with Gasteiger partial charge >= 0.3 is 6.18 Å². The second-order valence-corrected chi connectivity index (χ2v) is 4.79. The third-order valence-electron chi connectivity index (χ3n) is 3.14. The fraction of sp³-hybridized carbons (Fsp3) is 0.267. The molecular formula is C15H14F3NO. The highest BCUT2D eigenvalue weighted by atomic mass is 19.4. The van der Waals surface area contributed by atoms with Crippen LogP contribution in [0.25, 0.3) is 0 Å². The van der Waals surface area contributed by atoms with Gasteiger partial charge in [-0.15, -0.1) is 0 Å². The van der Waals surface area contributed by atoms with Gasteiger partial charge in [-0.2, -0.15) is 13.2 Å². The van der Waals surface area contributed by atoms with Crippen LogP contribution in [0.5, 0.6) is 0 Å². The number of aryl methyl sites for hydroxylation is 2. The Bertz CT molecular complexity index is 686. The van der Waals surface area contributed by atoms with E-state index in [0.29, 0.717) is 5.56 Å². The van der Waals surface area contributed by atoms with Crippen LogP contribution in [-0.4, -0.2) is 4.57 Å². The van der Waals surface area contributed by atoms with Crippen molar-refractivity contribution >= 4 is 0 Å². The molecule has 0 aliphatic rings. The molecule has 0 aliphatic heterocycles. The van der Waals surface area contributed by atoms with E-state index in [1.807, 2.05) is 13.0 Å². The minimum atomic E-state index is -4.52. The summed E-state index contributed by atoms with van der Waals surface area (Å²) in [5.41, 5.74) is -0.0425. The van der Waals surface area contributed by atoms with Crippen LogP contribution >= 0.6 is 0 Å². The van der Waals surface area contributed by atoms with Gasteiger partial charge in [0.15, 0.2) is 0 Å². The Labute approximate surface area is 114 Å². The molecule has 106 valence electrons. The molecule has 0 fully saturated rings. The van der Waals surface area contributed by atoms with Gasteiger partial charge in [-0.05, 0) is 18.6 Å². The van der Waals surface area contributed by atoms with Gasteiger partial charge in [0.05, 0.1) is 5.56 Å². The SMILES string of the molecule is Cc1cccc(Cc2c(C(F)(F)F)ccn(C)c2=O)c1. The van der Waals surface area contributed by atoms with Gasteiger partial charge in [-0.25, -0.2) is 0 Å². The lowest BCUT2D eigenvalue weighted by Crippen LogP contribution is -2.25. The Morgan fingerprint density at radius 3 is 2.50 bits per heavy atom. The minimum absolute atomic E-state index is 0.0238. The second kappa shape index (κ2) is 5.15. The molecule has 0 saturated carbocycles. The topological polar surface area (TPSA) is 22.0 Å². The van der Waals surface area contributed by atoms with E-state index in [-0.39, 0.29) is 12.0 Å². The summed E-state index contributed by atoms with van der Waals surface area (Å²) in [6.07, 6.45) is -3.40. The van der Waals surface area contributed by atoms with Gasteiger partial charge in [0.1, 0.15) is 0 Å². The first kappa shape index (κ1) is 14.4. The first-order valence-corrected chi connectivity index (χ1v) is 6.10. The molecule has 0 amide bonds. The molecule has 0 aliphatic carbocycles. The molecule has 1 aromatic heterocycles. The second-order valence-electron chi connectivity index (χ2n) is 4.79. The summed E-state index contributed by atoms with van der Waals surface area (Å²) in [6.45, 7) is 1.86. The normalized spacial score (nSPS) is 11.7. The zero-order valence-corrected chi connectivity index (χ0v) is 11.2. The lowest BCUT2D eigenvalue weighted by Gasteiger charge is -2.13. The predicted octanol–water partition coefficient (Wildman–Crippen LogP) is 3.30. The molecule has 2 aromatic rings. The van der Waals surface area contributed by atoms with Crippen LogP contribution in [0, 0.1) is 6.92 Å². The van der Waals surface area contributed by atoms with E-state index >= 15 is 0 Å². The molecule has 0 N–H and O–H groups in total. The van der Waals surface area contributed by atoms with E-state index < -0.39 is 17.3 Å². The van der Waals surface area contributed by atoms with Crippen molar-refractivity contribution in [2.75, 3.05) is 0 Å². The maximum Gasteiger partial charge on any atom is 0.416 e. The number of hydrogen-bond acceptors (Lipinski definition) is 1. The molecule has 0 saturated heterocycles. The van der Waals surface area contributed by atoms with Crippen LogP contribution in [0.15, 0.2) is 41.3 Å². The summed E-state index contributed by atoms with van der Waals surface area (Å²) < 4.78 is 40.1. The van der Waals surface area contributed by atoms with Crippen molar-refractivity contribution in [1.82, 2.24) is 4.57 Å². The number of alkyl halides is 3. The highest BCUT2D eigenvalue weighted by Gasteiger charge is 2.34. The fourth-order valence-electron chi connectivity index (χ4n) is 2.15. The number of benzene rings is 1. The maximum atomic E-state index is 13.0. The third-order valence-corrected chi connectivity index (χ3v) is 3.14. The largest absolute Gasteiger partial charge is 0.416 e. The first-order chi connectivity index (χ1) is 9.29.